The normalized spacial score (nSPS) is 12.5. The number of rotatable bonds is 47. The van der Waals surface area contributed by atoms with Crippen molar-refractivity contribution in [3.05, 3.63) is 0 Å². The fourth-order valence-electron chi connectivity index (χ4n) is 7.96. The second-order valence-corrected chi connectivity index (χ2v) is 18.9. The lowest BCUT2D eigenvalue weighted by Gasteiger charge is -2.18. The third-order valence-corrected chi connectivity index (χ3v) is 12.3. The lowest BCUT2D eigenvalue weighted by Crippen LogP contribution is -2.30. The zero-order valence-electron chi connectivity index (χ0n) is 40.4. The number of esters is 3. The summed E-state index contributed by atoms with van der Waals surface area (Å²) in [5.74, 6) is 0.826. The van der Waals surface area contributed by atoms with Crippen molar-refractivity contribution in [2.75, 3.05) is 13.2 Å². The number of carbonyl (C=O) groups excluding carboxylic acids is 3. The van der Waals surface area contributed by atoms with E-state index < -0.39 is 6.10 Å². The summed E-state index contributed by atoms with van der Waals surface area (Å²) in [4.78, 5) is 38.0. The fourth-order valence-corrected chi connectivity index (χ4v) is 7.96. The van der Waals surface area contributed by atoms with E-state index in [4.69, 9.17) is 14.2 Å². The van der Waals surface area contributed by atoms with E-state index in [2.05, 4.69) is 34.6 Å². The van der Waals surface area contributed by atoms with Crippen LogP contribution in [0.2, 0.25) is 0 Å². The molecule has 0 aliphatic rings. The number of carbonyl (C=O) groups is 3. The van der Waals surface area contributed by atoms with Crippen LogP contribution >= 0.6 is 0 Å². The van der Waals surface area contributed by atoms with Crippen molar-refractivity contribution >= 4 is 17.9 Å². The van der Waals surface area contributed by atoms with Gasteiger partial charge >= 0.3 is 17.9 Å². The Morgan fingerprint density at radius 2 is 0.644 bits per heavy atom. The predicted molar refractivity (Wildman–Crippen MR) is 252 cm³/mol. The predicted octanol–water partition coefficient (Wildman–Crippen LogP) is 16.9. The molecule has 0 bridgehead atoms. The minimum absolute atomic E-state index is 0.0640. The van der Waals surface area contributed by atoms with E-state index in [0.717, 1.165) is 69.6 Å². The van der Waals surface area contributed by atoms with Gasteiger partial charge in [0.2, 0.25) is 0 Å². The molecule has 0 aromatic heterocycles. The zero-order valence-corrected chi connectivity index (χ0v) is 40.4. The van der Waals surface area contributed by atoms with Gasteiger partial charge in [0.05, 0.1) is 0 Å². The van der Waals surface area contributed by atoms with Gasteiger partial charge in [-0.2, -0.15) is 0 Å². The lowest BCUT2D eigenvalue weighted by molar-refractivity contribution is -0.167. The van der Waals surface area contributed by atoms with Crippen molar-refractivity contribution in [1.82, 2.24) is 0 Å². The van der Waals surface area contributed by atoms with Crippen molar-refractivity contribution < 1.29 is 28.6 Å². The van der Waals surface area contributed by atoms with E-state index in [1.54, 1.807) is 0 Å². The van der Waals surface area contributed by atoms with Gasteiger partial charge in [-0.05, 0) is 31.1 Å². The molecule has 6 heteroatoms. The van der Waals surface area contributed by atoms with Crippen molar-refractivity contribution in [2.24, 2.45) is 11.8 Å². The second kappa shape index (κ2) is 45.9. The van der Waals surface area contributed by atoms with Crippen molar-refractivity contribution in [3.63, 3.8) is 0 Å². The number of hydrogen-bond acceptors (Lipinski definition) is 6. The Bertz CT molecular complexity index is 902. The Morgan fingerprint density at radius 3 is 0.966 bits per heavy atom. The monoisotopic (exact) mass is 835 g/mol. The molecular weight excluding hydrogens is 733 g/mol. The standard InChI is InChI=1S/C53H102O6/c1-6-8-9-10-11-12-13-14-15-16-19-23-30-35-40-45-53(56)59-50(47-58-52(55)44-39-34-29-25-24-27-32-37-42-49(5)7-2)46-57-51(54)43-38-33-28-22-20-17-18-21-26-31-36-41-48(3)4/h48-50H,6-47H2,1-5H3/t49?,50-/m1/s1. The van der Waals surface area contributed by atoms with Crippen LogP contribution in [0.15, 0.2) is 0 Å². The molecule has 350 valence electrons. The van der Waals surface area contributed by atoms with Gasteiger partial charge in [0.1, 0.15) is 13.2 Å². The van der Waals surface area contributed by atoms with Gasteiger partial charge in [-0.25, -0.2) is 0 Å². The van der Waals surface area contributed by atoms with Crippen molar-refractivity contribution in [1.29, 1.82) is 0 Å². The summed E-state index contributed by atoms with van der Waals surface area (Å²) in [5, 5.41) is 0. The molecular formula is C53H102O6. The minimum Gasteiger partial charge on any atom is -0.462 e. The van der Waals surface area contributed by atoms with Gasteiger partial charge in [-0.3, -0.25) is 14.4 Å². The fraction of sp³-hybridized carbons (Fsp3) is 0.943. The Hall–Kier alpha value is -1.59. The molecule has 1 unspecified atom stereocenters. The molecule has 0 aliphatic heterocycles. The van der Waals surface area contributed by atoms with E-state index in [1.807, 2.05) is 0 Å². The summed E-state index contributed by atoms with van der Waals surface area (Å²) in [5.41, 5.74) is 0. The van der Waals surface area contributed by atoms with Gasteiger partial charge in [-0.1, -0.05) is 253 Å². The molecule has 6 nitrogen and oxygen atoms in total. The first-order valence-corrected chi connectivity index (χ1v) is 26.3. The van der Waals surface area contributed by atoms with E-state index in [0.29, 0.717) is 19.3 Å². The number of ether oxygens (including phenoxy) is 3. The first-order chi connectivity index (χ1) is 28.8. The molecule has 0 amide bonds. The van der Waals surface area contributed by atoms with Gasteiger partial charge in [0.15, 0.2) is 6.10 Å². The highest BCUT2D eigenvalue weighted by molar-refractivity contribution is 5.71. The second-order valence-electron chi connectivity index (χ2n) is 18.9. The SMILES string of the molecule is CCCCCCCCCCCCCCCCCC(=O)O[C@H](COC(=O)CCCCCCCCCCCCCC(C)C)COC(=O)CCCCCCCCCCC(C)CC. The van der Waals surface area contributed by atoms with Crippen LogP contribution in [-0.4, -0.2) is 37.2 Å². The van der Waals surface area contributed by atoms with Gasteiger partial charge < -0.3 is 14.2 Å². The molecule has 0 aromatic rings. The zero-order chi connectivity index (χ0) is 43.3. The van der Waals surface area contributed by atoms with Crippen LogP contribution in [0, 0.1) is 11.8 Å². The Balaban J connectivity index is 4.32. The molecule has 0 saturated carbocycles. The summed E-state index contributed by atoms with van der Waals surface area (Å²) >= 11 is 0. The van der Waals surface area contributed by atoms with Crippen LogP contribution in [0.3, 0.4) is 0 Å². The Labute approximate surface area is 368 Å². The quantitative estimate of drug-likeness (QED) is 0.0345. The first kappa shape index (κ1) is 57.4. The van der Waals surface area contributed by atoms with Crippen molar-refractivity contribution in [2.45, 2.75) is 298 Å². The highest BCUT2D eigenvalue weighted by Crippen LogP contribution is 2.18. The van der Waals surface area contributed by atoms with Gasteiger partial charge in [0.25, 0.3) is 0 Å². The topological polar surface area (TPSA) is 78.9 Å². The highest BCUT2D eigenvalue weighted by atomic mass is 16.6. The number of hydrogen-bond donors (Lipinski definition) is 0. The van der Waals surface area contributed by atoms with Crippen molar-refractivity contribution in [3.8, 4) is 0 Å². The maximum atomic E-state index is 12.8. The smallest absolute Gasteiger partial charge is 0.306 e. The van der Waals surface area contributed by atoms with E-state index >= 15 is 0 Å². The largest absolute Gasteiger partial charge is 0.462 e. The van der Waals surface area contributed by atoms with Crippen LogP contribution in [0.1, 0.15) is 291 Å². The lowest BCUT2D eigenvalue weighted by atomic mass is 9.99. The summed E-state index contributed by atoms with van der Waals surface area (Å²) in [7, 11) is 0. The van der Waals surface area contributed by atoms with Gasteiger partial charge in [0, 0.05) is 19.3 Å². The van der Waals surface area contributed by atoms with Crippen LogP contribution in [0.4, 0.5) is 0 Å². The maximum absolute atomic E-state index is 12.8. The van der Waals surface area contributed by atoms with E-state index in [1.165, 1.54) is 180 Å². The van der Waals surface area contributed by atoms with Crippen LogP contribution in [-0.2, 0) is 28.6 Å². The molecule has 59 heavy (non-hydrogen) atoms. The number of unbranched alkanes of at least 4 members (excludes halogenated alkanes) is 31. The van der Waals surface area contributed by atoms with Gasteiger partial charge in [-0.15, -0.1) is 0 Å². The van der Waals surface area contributed by atoms with Crippen LogP contribution in [0.25, 0.3) is 0 Å². The minimum atomic E-state index is -0.762. The maximum Gasteiger partial charge on any atom is 0.306 e. The average Bonchev–Trinajstić information content (AvgIpc) is 3.22. The summed E-state index contributed by atoms with van der Waals surface area (Å²) < 4.78 is 16.8. The summed E-state index contributed by atoms with van der Waals surface area (Å²) in [6.07, 6.45) is 46.5. The Morgan fingerprint density at radius 1 is 0.356 bits per heavy atom. The van der Waals surface area contributed by atoms with E-state index in [9.17, 15) is 14.4 Å². The molecule has 0 radical (unpaired) electrons. The molecule has 0 N–H and O–H groups in total. The summed E-state index contributed by atoms with van der Waals surface area (Å²) in [6, 6.07) is 0. The molecule has 0 rings (SSSR count). The summed E-state index contributed by atoms with van der Waals surface area (Å²) in [6.45, 7) is 11.4. The Kier molecular flexibility index (Phi) is 44.7. The van der Waals surface area contributed by atoms with Crippen LogP contribution in [0.5, 0.6) is 0 Å². The van der Waals surface area contributed by atoms with E-state index in [-0.39, 0.29) is 31.1 Å². The third-order valence-electron chi connectivity index (χ3n) is 12.3. The molecule has 0 aromatic carbocycles. The molecule has 0 heterocycles. The molecule has 0 aliphatic carbocycles. The molecule has 0 fully saturated rings. The molecule has 0 spiro atoms. The van der Waals surface area contributed by atoms with Crippen LogP contribution < -0.4 is 0 Å². The third kappa shape index (κ3) is 45.8. The molecule has 2 atom stereocenters. The first-order valence-electron chi connectivity index (χ1n) is 26.3. The molecule has 0 saturated heterocycles. The average molecular weight is 835 g/mol. The highest BCUT2D eigenvalue weighted by Gasteiger charge is 2.19.